The average Bonchev–Trinajstić information content (AvgIpc) is 3.05. The summed E-state index contributed by atoms with van der Waals surface area (Å²) in [7, 11) is 0. The van der Waals surface area contributed by atoms with Crippen LogP contribution in [-0.4, -0.2) is 31.7 Å². The molecule has 0 aliphatic carbocycles. The standard InChI is InChI=1S/C23H24N4O2S/c1-14-9-5-8-12-17(14)27-21(29)20-19(15-10-6-7-11-16(15)24-20)25-22(27)30-13-18(28)26-23(2,3)4/h5-12,24H,13H2,1-4H3,(H,26,28). The van der Waals surface area contributed by atoms with Crippen molar-refractivity contribution in [2.75, 3.05) is 5.75 Å². The van der Waals surface area contributed by atoms with E-state index in [1.165, 1.54) is 11.8 Å². The van der Waals surface area contributed by atoms with Crippen LogP contribution in [0.1, 0.15) is 26.3 Å². The summed E-state index contributed by atoms with van der Waals surface area (Å²) in [5, 5.41) is 4.34. The zero-order valence-corrected chi connectivity index (χ0v) is 18.3. The van der Waals surface area contributed by atoms with E-state index in [1.807, 2.05) is 76.2 Å². The number of para-hydroxylation sites is 2. The van der Waals surface area contributed by atoms with Crippen LogP contribution in [0.5, 0.6) is 0 Å². The number of amides is 1. The molecule has 2 aromatic carbocycles. The summed E-state index contributed by atoms with van der Waals surface area (Å²) in [6.07, 6.45) is 0. The third kappa shape index (κ3) is 3.85. The summed E-state index contributed by atoms with van der Waals surface area (Å²) in [5.74, 6) is 0.0702. The third-order valence-electron chi connectivity index (χ3n) is 4.70. The van der Waals surface area contributed by atoms with Crippen LogP contribution in [0.4, 0.5) is 0 Å². The van der Waals surface area contributed by atoms with Crippen LogP contribution in [-0.2, 0) is 4.79 Å². The van der Waals surface area contributed by atoms with Crippen LogP contribution < -0.4 is 10.9 Å². The van der Waals surface area contributed by atoms with Crippen molar-refractivity contribution in [2.45, 2.75) is 38.4 Å². The molecule has 30 heavy (non-hydrogen) atoms. The first-order chi connectivity index (χ1) is 14.2. The highest BCUT2D eigenvalue weighted by atomic mass is 32.2. The van der Waals surface area contributed by atoms with E-state index in [9.17, 15) is 9.59 Å². The minimum atomic E-state index is -0.318. The molecule has 154 valence electrons. The zero-order valence-electron chi connectivity index (χ0n) is 17.4. The topological polar surface area (TPSA) is 79.8 Å². The lowest BCUT2D eigenvalue weighted by molar-refractivity contribution is -0.119. The minimum Gasteiger partial charge on any atom is -0.351 e. The Kier molecular flexibility index (Phi) is 5.15. The quantitative estimate of drug-likeness (QED) is 0.383. The van der Waals surface area contributed by atoms with Gasteiger partial charge in [0.05, 0.1) is 11.4 Å². The number of aromatic amines is 1. The zero-order chi connectivity index (χ0) is 21.5. The van der Waals surface area contributed by atoms with Gasteiger partial charge in [0.15, 0.2) is 5.16 Å². The van der Waals surface area contributed by atoms with E-state index in [1.54, 1.807) is 4.57 Å². The smallest absolute Gasteiger partial charge is 0.283 e. The first-order valence-corrected chi connectivity index (χ1v) is 10.8. The normalized spacial score (nSPS) is 11.9. The van der Waals surface area contributed by atoms with E-state index >= 15 is 0 Å². The highest BCUT2D eigenvalue weighted by Crippen LogP contribution is 2.27. The fraction of sp³-hybridized carbons (Fsp3) is 0.261. The molecule has 0 spiro atoms. The molecule has 7 heteroatoms. The third-order valence-corrected chi connectivity index (χ3v) is 5.64. The van der Waals surface area contributed by atoms with Gasteiger partial charge < -0.3 is 10.3 Å². The number of aromatic nitrogens is 3. The van der Waals surface area contributed by atoms with E-state index in [4.69, 9.17) is 4.98 Å². The minimum absolute atomic E-state index is 0.0999. The Bertz CT molecular complexity index is 1310. The van der Waals surface area contributed by atoms with Crippen molar-refractivity contribution in [3.05, 3.63) is 64.4 Å². The number of benzene rings is 2. The van der Waals surface area contributed by atoms with Gasteiger partial charge in [-0.2, -0.15) is 0 Å². The fourth-order valence-electron chi connectivity index (χ4n) is 3.45. The molecule has 0 saturated carbocycles. The molecule has 2 aromatic heterocycles. The molecule has 4 aromatic rings. The summed E-state index contributed by atoms with van der Waals surface area (Å²) in [6.45, 7) is 7.77. The van der Waals surface area contributed by atoms with E-state index in [0.717, 1.165) is 22.2 Å². The molecular formula is C23H24N4O2S. The number of fused-ring (bicyclic) bond motifs is 3. The second kappa shape index (κ2) is 7.65. The van der Waals surface area contributed by atoms with Crippen molar-refractivity contribution in [1.29, 1.82) is 0 Å². The maximum atomic E-state index is 13.5. The Morgan fingerprint density at radius 1 is 1.13 bits per heavy atom. The van der Waals surface area contributed by atoms with Crippen LogP contribution in [0.25, 0.3) is 27.6 Å². The highest BCUT2D eigenvalue weighted by Gasteiger charge is 2.20. The number of nitrogens with zero attached hydrogens (tertiary/aromatic N) is 2. The number of rotatable bonds is 4. The van der Waals surface area contributed by atoms with Crippen molar-refractivity contribution in [1.82, 2.24) is 19.9 Å². The van der Waals surface area contributed by atoms with Crippen molar-refractivity contribution in [3.8, 4) is 5.69 Å². The molecule has 0 unspecified atom stereocenters. The first kappa shape index (κ1) is 20.2. The second-order valence-electron chi connectivity index (χ2n) is 8.30. The van der Waals surface area contributed by atoms with Crippen molar-refractivity contribution in [3.63, 3.8) is 0 Å². The maximum absolute atomic E-state index is 13.5. The van der Waals surface area contributed by atoms with Crippen LogP contribution in [0.3, 0.4) is 0 Å². The Labute approximate surface area is 178 Å². The number of H-pyrrole nitrogens is 1. The van der Waals surface area contributed by atoms with Crippen molar-refractivity contribution >= 4 is 39.6 Å². The number of hydrogen-bond acceptors (Lipinski definition) is 4. The summed E-state index contributed by atoms with van der Waals surface area (Å²) in [5.41, 5.74) is 3.17. The van der Waals surface area contributed by atoms with Crippen molar-refractivity contribution < 1.29 is 4.79 Å². The predicted molar refractivity (Wildman–Crippen MR) is 123 cm³/mol. The van der Waals surface area contributed by atoms with E-state index < -0.39 is 0 Å². The molecule has 4 rings (SSSR count). The van der Waals surface area contributed by atoms with Crippen LogP contribution in [0.15, 0.2) is 58.5 Å². The molecular weight excluding hydrogens is 396 g/mol. The summed E-state index contributed by atoms with van der Waals surface area (Å²) >= 11 is 1.27. The highest BCUT2D eigenvalue weighted by molar-refractivity contribution is 7.99. The van der Waals surface area contributed by atoms with E-state index in [0.29, 0.717) is 16.2 Å². The molecule has 0 aliphatic heterocycles. The van der Waals surface area contributed by atoms with Crippen molar-refractivity contribution in [2.24, 2.45) is 0 Å². The van der Waals surface area contributed by atoms with Gasteiger partial charge in [-0.15, -0.1) is 0 Å². The van der Waals surface area contributed by atoms with Crippen LogP contribution in [0, 0.1) is 6.92 Å². The van der Waals surface area contributed by atoms with Gasteiger partial charge in [-0.3, -0.25) is 14.2 Å². The molecule has 0 bridgehead atoms. The number of aryl methyl sites for hydroxylation is 1. The van der Waals surface area contributed by atoms with Gasteiger partial charge in [0.1, 0.15) is 11.0 Å². The van der Waals surface area contributed by atoms with E-state index in [-0.39, 0.29) is 22.8 Å². The number of carbonyl (C=O) groups is 1. The Morgan fingerprint density at radius 2 is 1.83 bits per heavy atom. The molecule has 0 saturated heterocycles. The summed E-state index contributed by atoms with van der Waals surface area (Å²) in [4.78, 5) is 34.0. The lowest BCUT2D eigenvalue weighted by Crippen LogP contribution is -2.41. The molecule has 2 N–H and O–H groups in total. The van der Waals surface area contributed by atoms with Gasteiger partial charge in [-0.05, 0) is 45.4 Å². The molecule has 0 atom stereocenters. The SMILES string of the molecule is Cc1ccccc1-n1c(SCC(=O)NC(C)(C)C)nc2c([nH]c3ccccc32)c1=O. The largest absolute Gasteiger partial charge is 0.351 e. The average molecular weight is 421 g/mol. The van der Waals surface area contributed by atoms with Crippen LogP contribution >= 0.6 is 11.8 Å². The van der Waals surface area contributed by atoms with Gasteiger partial charge in [-0.1, -0.05) is 48.2 Å². The molecule has 6 nitrogen and oxygen atoms in total. The van der Waals surface area contributed by atoms with Gasteiger partial charge in [0, 0.05) is 16.4 Å². The number of thioether (sulfide) groups is 1. The summed E-state index contributed by atoms with van der Waals surface area (Å²) in [6, 6.07) is 15.4. The van der Waals surface area contributed by atoms with Crippen LogP contribution in [0.2, 0.25) is 0 Å². The molecule has 0 aliphatic rings. The molecule has 0 radical (unpaired) electrons. The predicted octanol–water partition coefficient (Wildman–Crippen LogP) is 4.18. The second-order valence-corrected chi connectivity index (χ2v) is 9.24. The molecule has 1 amide bonds. The van der Waals surface area contributed by atoms with Gasteiger partial charge >= 0.3 is 0 Å². The number of nitrogens with one attached hydrogen (secondary N) is 2. The number of hydrogen-bond donors (Lipinski definition) is 2. The molecule has 0 fully saturated rings. The fourth-order valence-corrected chi connectivity index (χ4v) is 4.25. The Balaban J connectivity index is 1.88. The lowest BCUT2D eigenvalue weighted by Gasteiger charge is -2.20. The van der Waals surface area contributed by atoms with Gasteiger partial charge in [0.2, 0.25) is 5.91 Å². The lowest BCUT2D eigenvalue weighted by atomic mass is 10.1. The van der Waals surface area contributed by atoms with Gasteiger partial charge in [-0.25, -0.2) is 4.98 Å². The Morgan fingerprint density at radius 3 is 2.57 bits per heavy atom. The Hall–Kier alpha value is -3.06. The molecule has 2 heterocycles. The number of carbonyl (C=O) groups excluding carboxylic acids is 1. The maximum Gasteiger partial charge on any atom is 0.283 e. The van der Waals surface area contributed by atoms with Gasteiger partial charge in [0.25, 0.3) is 5.56 Å². The monoisotopic (exact) mass is 420 g/mol. The first-order valence-electron chi connectivity index (χ1n) is 9.78. The van der Waals surface area contributed by atoms with E-state index in [2.05, 4.69) is 10.3 Å². The summed E-state index contributed by atoms with van der Waals surface area (Å²) < 4.78 is 1.60.